The van der Waals surface area contributed by atoms with Gasteiger partial charge in [0.05, 0.1) is 0 Å². The molecule has 1 fully saturated rings. The Bertz CT molecular complexity index is 570. The lowest BCUT2D eigenvalue weighted by Gasteiger charge is -2.10. The molecule has 0 atom stereocenters. The van der Waals surface area contributed by atoms with Gasteiger partial charge in [-0.05, 0) is 36.5 Å². The summed E-state index contributed by atoms with van der Waals surface area (Å²) in [6.45, 7) is 0. The molecule has 1 aliphatic rings. The van der Waals surface area contributed by atoms with E-state index in [4.69, 9.17) is 9.15 Å². The zero-order valence-electron chi connectivity index (χ0n) is 10.5. The van der Waals surface area contributed by atoms with Crippen LogP contribution >= 0.6 is 0 Å². The van der Waals surface area contributed by atoms with Gasteiger partial charge >= 0.3 is 6.08 Å². The van der Waals surface area contributed by atoms with E-state index in [2.05, 4.69) is 11.1 Å². The van der Waals surface area contributed by atoms with Gasteiger partial charge in [-0.3, -0.25) is 4.79 Å². The summed E-state index contributed by atoms with van der Waals surface area (Å²) in [5.74, 6) is 1.32. The average molecular weight is 256 g/mol. The fourth-order valence-corrected chi connectivity index (χ4v) is 2.54. The van der Waals surface area contributed by atoms with E-state index >= 15 is 0 Å². The number of benzene rings is 1. The highest BCUT2D eigenvalue weighted by Gasteiger charge is 2.17. The largest absolute Gasteiger partial charge is 0.416 e. The van der Waals surface area contributed by atoms with Crippen molar-refractivity contribution in [1.29, 1.82) is 0 Å². The smallest absolute Gasteiger partial charge is 0.399 e. The van der Waals surface area contributed by atoms with Crippen LogP contribution < -0.4 is 4.74 Å². The van der Waals surface area contributed by atoms with Crippen molar-refractivity contribution in [2.24, 2.45) is 0 Å². The number of ether oxygens (including phenoxy) is 1. The van der Waals surface area contributed by atoms with Gasteiger partial charge < -0.3 is 9.15 Å². The molecule has 1 aromatic carbocycles. The van der Waals surface area contributed by atoms with Gasteiger partial charge in [-0.25, -0.2) is 0 Å². The van der Waals surface area contributed by atoms with Crippen LogP contribution in [-0.2, 0) is 4.79 Å². The number of carbonyl (C=O) groups excluding carboxylic acids is 1. The first-order valence-electron chi connectivity index (χ1n) is 6.46. The molecule has 0 spiro atoms. The monoisotopic (exact) mass is 256 g/mol. The van der Waals surface area contributed by atoms with Crippen LogP contribution in [0, 0.1) is 0 Å². The molecule has 97 valence electrons. The minimum Gasteiger partial charge on any atom is -0.416 e. The zero-order chi connectivity index (χ0) is 13.1. The van der Waals surface area contributed by atoms with E-state index in [0.29, 0.717) is 11.7 Å². The predicted molar refractivity (Wildman–Crippen MR) is 69.0 cm³/mol. The number of hydrogen-bond donors (Lipinski definition) is 0. The van der Waals surface area contributed by atoms with Crippen molar-refractivity contribution in [3.05, 3.63) is 41.8 Å². The molecule has 1 saturated carbocycles. The first kappa shape index (κ1) is 12.0. The van der Waals surface area contributed by atoms with Gasteiger partial charge in [-0.1, -0.05) is 25.0 Å². The molecule has 4 heteroatoms. The molecular weight excluding hydrogens is 242 g/mol. The van der Waals surface area contributed by atoms with Crippen molar-refractivity contribution >= 4 is 6.29 Å². The molecule has 0 saturated heterocycles. The Labute approximate surface area is 111 Å². The summed E-state index contributed by atoms with van der Waals surface area (Å²) in [6.07, 6.45) is 8.04. The van der Waals surface area contributed by atoms with Crippen molar-refractivity contribution in [3.63, 3.8) is 0 Å². The van der Waals surface area contributed by atoms with E-state index < -0.39 is 0 Å². The van der Waals surface area contributed by atoms with Crippen LogP contribution in [-0.4, -0.2) is 11.3 Å². The predicted octanol–water partition coefficient (Wildman–Crippen LogP) is 3.58. The van der Waals surface area contributed by atoms with Gasteiger partial charge in [0.15, 0.2) is 5.69 Å². The molecular formula is C15H14NO3. The molecule has 19 heavy (non-hydrogen) atoms. The van der Waals surface area contributed by atoms with Crippen molar-refractivity contribution in [3.8, 4) is 11.8 Å². The Hall–Kier alpha value is -2.10. The Morgan fingerprint density at radius 1 is 1.32 bits per heavy atom. The maximum atomic E-state index is 10.4. The van der Waals surface area contributed by atoms with Crippen LogP contribution in [0.15, 0.2) is 34.9 Å². The van der Waals surface area contributed by atoms with Gasteiger partial charge in [-0.15, -0.1) is 0 Å². The quantitative estimate of drug-likeness (QED) is 0.839. The van der Waals surface area contributed by atoms with Gasteiger partial charge in [-0.2, -0.15) is 4.98 Å². The number of hydrogen-bond acceptors (Lipinski definition) is 4. The van der Waals surface area contributed by atoms with Crippen LogP contribution in [0.4, 0.5) is 0 Å². The maximum Gasteiger partial charge on any atom is 0.399 e. The van der Waals surface area contributed by atoms with Gasteiger partial charge in [0.1, 0.15) is 12.0 Å². The Morgan fingerprint density at radius 3 is 2.89 bits per heavy atom. The summed E-state index contributed by atoms with van der Waals surface area (Å²) < 4.78 is 10.5. The molecule has 3 rings (SSSR count). The SMILES string of the molecule is O=[C]c1coc(Oc2cccc(C3CCCC3)c2)n1. The summed E-state index contributed by atoms with van der Waals surface area (Å²) in [5.41, 5.74) is 1.41. The molecule has 0 aliphatic heterocycles. The molecule has 0 N–H and O–H groups in total. The molecule has 1 heterocycles. The molecule has 0 unspecified atom stereocenters. The Morgan fingerprint density at radius 2 is 2.16 bits per heavy atom. The second-order valence-corrected chi connectivity index (χ2v) is 4.76. The minimum atomic E-state index is 0.0712. The van der Waals surface area contributed by atoms with E-state index in [-0.39, 0.29) is 11.8 Å². The van der Waals surface area contributed by atoms with Crippen molar-refractivity contribution in [1.82, 2.24) is 4.98 Å². The third kappa shape index (κ3) is 2.67. The fourth-order valence-electron chi connectivity index (χ4n) is 2.54. The van der Waals surface area contributed by atoms with Crippen molar-refractivity contribution < 1.29 is 13.9 Å². The van der Waals surface area contributed by atoms with E-state index in [9.17, 15) is 4.79 Å². The first-order chi connectivity index (χ1) is 9.35. The second kappa shape index (κ2) is 5.26. The lowest BCUT2D eigenvalue weighted by atomic mass is 9.98. The van der Waals surface area contributed by atoms with Crippen LogP contribution in [0.2, 0.25) is 0 Å². The van der Waals surface area contributed by atoms with E-state index in [1.165, 1.54) is 37.5 Å². The normalized spacial score (nSPS) is 15.6. The highest BCUT2D eigenvalue weighted by Crippen LogP contribution is 2.35. The van der Waals surface area contributed by atoms with Crippen molar-refractivity contribution in [2.45, 2.75) is 31.6 Å². The average Bonchev–Trinajstić information content (AvgIpc) is 3.10. The summed E-state index contributed by atoms with van der Waals surface area (Å²) in [4.78, 5) is 14.2. The lowest BCUT2D eigenvalue weighted by Crippen LogP contribution is -1.93. The van der Waals surface area contributed by atoms with E-state index in [0.717, 1.165) is 0 Å². The molecule has 2 aromatic rings. The number of oxazole rings is 1. The minimum absolute atomic E-state index is 0.0712. The third-order valence-corrected chi connectivity index (χ3v) is 3.48. The topological polar surface area (TPSA) is 52.3 Å². The van der Waals surface area contributed by atoms with Crippen molar-refractivity contribution in [2.75, 3.05) is 0 Å². The van der Waals surface area contributed by atoms with Crippen LogP contribution in [0.1, 0.15) is 42.9 Å². The second-order valence-electron chi connectivity index (χ2n) is 4.76. The van der Waals surface area contributed by atoms with Crippen LogP contribution in [0.25, 0.3) is 0 Å². The molecule has 4 nitrogen and oxygen atoms in total. The number of nitrogens with zero attached hydrogens (tertiary/aromatic N) is 1. The highest BCUT2D eigenvalue weighted by atomic mass is 16.6. The Kier molecular flexibility index (Phi) is 3.31. The number of rotatable bonds is 4. The van der Waals surface area contributed by atoms with Gasteiger partial charge in [0, 0.05) is 0 Å². The maximum absolute atomic E-state index is 10.4. The Balaban J connectivity index is 1.77. The van der Waals surface area contributed by atoms with Crippen LogP contribution in [0.3, 0.4) is 0 Å². The highest BCUT2D eigenvalue weighted by molar-refractivity contribution is 5.71. The van der Waals surface area contributed by atoms with Gasteiger partial charge in [0.25, 0.3) is 6.29 Å². The standard InChI is InChI=1S/C15H14NO3/c17-9-13-10-18-15(16-13)19-14-7-3-6-12(8-14)11-4-1-2-5-11/h3,6-8,10-11H,1-2,4-5H2. The van der Waals surface area contributed by atoms with E-state index in [1.54, 1.807) is 6.29 Å². The molecule has 1 aromatic heterocycles. The summed E-state index contributed by atoms with van der Waals surface area (Å²) in [6, 6.07) is 7.97. The molecule has 1 radical (unpaired) electrons. The van der Waals surface area contributed by atoms with Crippen LogP contribution in [0.5, 0.6) is 11.8 Å². The van der Waals surface area contributed by atoms with Gasteiger partial charge in [0.2, 0.25) is 0 Å². The third-order valence-electron chi connectivity index (χ3n) is 3.48. The number of aromatic nitrogens is 1. The molecule has 0 bridgehead atoms. The fraction of sp³-hybridized carbons (Fsp3) is 0.333. The molecule has 0 amide bonds. The zero-order valence-corrected chi connectivity index (χ0v) is 10.5. The molecule has 1 aliphatic carbocycles. The lowest BCUT2D eigenvalue weighted by molar-refractivity contribution is 0.330. The first-order valence-corrected chi connectivity index (χ1v) is 6.46. The van der Waals surface area contributed by atoms with E-state index in [1.807, 2.05) is 18.2 Å². The summed E-state index contributed by atoms with van der Waals surface area (Å²) in [7, 11) is 0. The summed E-state index contributed by atoms with van der Waals surface area (Å²) in [5, 5.41) is 0. The summed E-state index contributed by atoms with van der Waals surface area (Å²) >= 11 is 0.